The number of anilines is 3. The fraction of sp³-hybridized carbons (Fsp3) is 0.754. The highest BCUT2D eigenvalue weighted by atomic mass is 31.2. The van der Waals surface area contributed by atoms with Gasteiger partial charge in [0.25, 0.3) is 0 Å². The van der Waals surface area contributed by atoms with Crippen molar-refractivity contribution in [1.29, 1.82) is 0 Å². The summed E-state index contributed by atoms with van der Waals surface area (Å²) in [5, 5.41) is 10.0. The first kappa shape index (κ1) is 82.0. The minimum absolute atomic E-state index is 0.0261. The van der Waals surface area contributed by atoms with Crippen LogP contribution < -0.4 is 17.2 Å². The van der Waals surface area contributed by atoms with Gasteiger partial charge in [-0.05, 0) is 12.8 Å². The van der Waals surface area contributed by atoms with Crippen LogP contribution in [0.1, 0.15) is 244 Å². The van der Waals surface area contributed by atoms with Gasteiger partial charge in [0.15, 0.2) is 53.1 Å². The maximum atomic E-state index is 14.2. The first-order chi connectivity index (χ1) is 50.5. The minimum atomic E-state index is -5.12. The highest BCUT2D eigenvalue weighted by Crippen LogP contribution is 2.53. The number of unbranched alkanes of at least 4 members (excludes halogenated alkanes) is 26. The van der Waals surface area contributed by atoms with Crippen LogP contribution in [0.25, 0.3) is 33.5 Å². The summed E-state index contributed by atoms with van der Waals surface area (Å²) in [4.78, 5) is 87.6. The Hall–Kier alpha value is -6.03. The fourth-order valence-electron chi connectivity index (χ4n) is 13.4. The standard InChI is InChI=1S/C69H111N15O18P2/c1-3-5-7-9-11-13-15-17-19-21-23-25-27-29-33-92-39-52(93-34-30-28-26-24-22-20-18-16-14-12-10-8-6-4-2)40-94-56(86)31-32-57(87)100-53-36-50(98-67(53)82-46-79-58-61(70)73-43-76-64(58)82)41-95-104(90,91)102-55-37-51(99-69(55)84-48-81-60-63(72)75-45-78-66(60)84)42-96-103(88,89)101-54-35-49(38-85)97-68(54)83-47-80-59-62(71)74-44-77-65(59)83/h43-55,67-69,85H,3-42H2,1-2H3,(H,88,89)(H,90,91)(H2,70,73,76)(H2,71,74,77)(H2,72,75,78). The lowest BCUT2D eigenvalue weighted by Gasteiger charge is -2.23. The Morgan fingerprint density at radius 3 is 1.25 bits per heavy atom. The predicted molar refractivity (Wildman–Crippen MR) is 384 cm³/mol. The highest BCUT2D eigenvalue weighted by Gasteiger charge is 2.47. The smallest absolute Gasteiger partial charge is 0.463 e. The van der Waals surface area contributed by atoms with Crippen molar-refractivity contribution >= 4 is 78.5 Å². The molecule has 0 saturated carbocycles. The molecule has 3 fully saturated rings. The summed E-state index contributed by atoms with van der Waals surface area (Å²) in [6.07, 6.45) is 31.2. The number of ether oxygens (including phenoxy) is 7. The summed E-state index contributed by atoms with van der Waals surface area (Å²) in [7, 11) is -10.1. The van der Waals surface area contributed by atoms with Crippen LogP contribution in [0.5, 0.6) is 0 Å². The van der Waals surface area contributed by atoms with Crippen molar-refractivity contribution < 1.29 is 84.9 Å². The third-order valence-electron chi connectivity index (χ3n) is 19.1. The minimum Gasteiger partial charge on any atom is -0.463 e. The molecule has 3 aliphatic rings. The molecule has 9 rings (SSSR count). The molecule has 0 aromatic carbocycles. The Balaban J connectivity index is 0.759. The van der Waals surface area contributed by atoms with E-state index in [9.17, 15) is 33.6 Å². The molecule has 0 amide bonds. The summed E-state index contributed by atoms with van der Waals surface area (Å²) >= 11 is 0. The topological polar surface area (TPSA) is 439 Å². The lowest BCUT2D eigenvalue weighted by molar-refractivity contribution is -0.159. The van der Waals surface area contributed by atoms with Crippen LogP contribution in [-0.2, 0) is 70.0 Å². The monoisotopic (exact) mass is 1500 g/mol. The molecule has 6 aromatic heterocycles. The second kappa shape index (κ2) is 43.1. The number of nitrogen functional groups attached to an aromatic ring is 3. The molecule has 0 radical (unpaired) electrons. The summed E-state index contributed by atoms with van der Waals surface area (Å²) in [5.41, 5.74) is 19.6. The number of esters is 2. The van der Waals surface area contributed by atoms with Crippen LogP contribution in [0.3, 0.4) is 0 Å². The van der Waals surface area contributed by atoms with E-state index in [0.29, 0.717) is 13.2 Å². The van der Waals surface area contributed by atoms with Gasteiger partial charge in [0, 0.05) is 32.5 Å². The highest BCUT2D eigenvalue weighted by molar-refractivity contribution is 7.47. The molecule has 9 heterocycles. The quantitative estimate of drug-likeness (QED) is 0.0117. The van der Waals surface area contributed by atoms with Gasteiger partial charge in [-0.15, -0.1) is 0 Å². The molecule has 3 aliphatic heterocycles. The van der Waals surface area contributed by atoms with E-state index in [1.165, 1.54) is 199 Å². The van der Waals surface area contributed by atoms with E-state index in [1.807, 2.05) is 0 Å². The number of imidazole rings is 3. The average Bonchev–Trinajstić information content (AvgIpc) is 1.64. The van der Waals surface area contributed by atoms with Gasteiger partial charge < -0.3 is 65.3 Å². The molecule has 12 atom stereocenters. The normalized spacial score (nSPS) is 22.1. The third kappa shape index (κ3) is 25.6. The van der Waals surface area contributed by atoms with Crippen molar-refractivity contribution in [3.05, 3.63) is 38.0 Å². The van der Waals surface area contributed by atoms with E-state index in [4.69, 9.17) is 68.5 Å². The molecule has 35 heteroatoms. The van der Waals surface area contributed by atoms with E-state index in [-0.39, 0.29) is 96.3 Å². The van der Waals surface area contributed by atoms with Gasteiger partial charge in [0.1, 0.15) is 66.6 Å². The van der Waals surface area contributed by atoms with Gasteiger partial charge in [-0.1, -0.05) is 181 Å². The molecule has 9 N–H and O–H groups in total. The zero-order valence-corrected chi connectivity index (χ0v) is 62.3. The van der Waals surface area contributed by atoms with Gasteiger partial charge in [-0.3, -0.25) is 41.4 Å². The predicted octanol–water partition coefficient (Wildman–Crippen LogP) is 11.7. The first-order valence-corrected chi connectivity index (χ1v) is 40.7. The second-order valence-electron chi connectivity index (χ2n) is 27.4. The van der Waals surface area contributed by atoms with E-state index in [1.54, 1.807) is 0 Å². The Bertz CT molecular complexity index is 3630. The number of hydrogen-bond donors (Lipinski definition) is 6. The van der Waals surface area contributed by atoms with Crippen molar-refractivity contribution in [3.63, 3.8) is 0 Å². The van der Waals surface area contributed by atoms with Crippen molar-refractivity contribution in [1.82, 2.24) is 58.6 Å². The number of fused-ring (bicyclic) bond motifs is 3. The molecular weight excluding hydrogens is 1390 g/mol. The van der Waals surface area contributed by atoms with Crippen LogP contribution >= 0.6 is 15.6 Å². The molecule has 3 saturated heterocycles. The number of nitrogens with two attached hydrogens (primary N) is 3. The van der Waals surface area contributed by atoms with Crippen molar-refractivity contribution in [2.45, 2.75) is 287 Å². The Kier molecular flexibility index (Phi) is 34.0. The number of carbonyl (C=O) groups excluding carboxylic acids is 2. The Morgan fingerprint density at radius 2 is 0.837 bits per heavy atom. The number of nitrogens with zero attached hydrogens (tertiary/aromatic N) is 12. The molecule has 33 nitrogen and oxygen atoms in total. The Morgan fingerprint density at radius 1 is 0.481 bits per heavy atom. The molecule has 6 aromatic rings. The van der Waals surface area contributed by atoms with Gasteiger partial charge in [0.05, 0.1) is 76.6 Å². The zero-order valence-electron chi connectivity index (χ0n) is 60.5. The number of phosphoric acid groups is 2. The second-order valence-corrected chi connectivity index (χ2v) is 30.2. The van der Waals surface area contributed by atoms with E-state index < -0.39 is 109 Å². The van der Waals surface area contributed by atoms with Crippen LogP contribution in [0.2, 0.25) is 0 Å². The van der Waals surface area contributed by atoms with Gasteiger partial charge in [-0.25, -0.2) is 54.0 Å². The van der Waals surface area contributed by atoms with Gasteiger partial charge in [0.2, 0.25) is 0 Å². The Labute approximate surface area is 608 Å². The average molecular weight is 1500 g/mol. The first-order valence-electron chi connectivity index (χ1n) is 37.8. The SMILES string of the molecule is CCCCCCCCCCCCCCCCOCC(COC(=O)CCC(=O)OC1CC(COP(=O)(O)OC2CC(COP(=O)(O)OC3CC(CO)OC3n3cnc4c(N)ncnc43)OC2n2cnc3c(N)ncnc32)OC1n1cnc2c(N)ncnc21)OCCCCCCCCCCCCCCCC. The number of hydrogen-bond acceptors (Lipinski definition) is 28. The van der Waals surface area contributed by atoms with E-state index >= 15 is 0 Å². The summed E-state index contributed by atoms with van der Waals surface area (Å²) < 4.78 is 97.6. The number of carbonyl (C=O) groups is 2. The zero-order chi connectivity index (χ0) is 73.5. The number of aliphatic hydroxyl groups excluding tert-OH is 1. The van der Waals surface area contributed by atoms with Gasteiger partial charge >= 0.3 is 27.6 Å². The molecule has 0 spiro atoms. The largest absolute Gasteiger partial charge is 0.472 e. The van der Waals surface area contributed by atoms with Crippen LogP contribution in [0.4, 0.5) is 17.5 Å². The molecular formula is C69H111N15O18P2. The molecule has 104 heavy (non-hydrogen) atoms. The van der Waals surface area contributed by atoms with Crippen LogP contribution in [0, 0.1) is 0 Å². The van der Waals surface area contributed by atoms with Crippen molar-refractivity contribution in [2.24, 2.45) is 0 Å². The van der Waals surface area contributed by atoms with Crippen LogP contribution in [-0.4, -0.2) is 174 Å². The maximum absolute atomic E-state index is 14.2. The van der Waals surface area contributed by atoms with Crippen LogP contribution in [0.15, 0.2) is 38.0 Å². The summed E-state index contributed by atoms with van der Waals surface area (Å²) in [6, 6.07) is 0. The molecule has 0 bridgehead atoms. The number of rotatable bonds is 53. The number of phosphoric ester groups is 2. The lowest BCUT2D eigenvalue weighted by Crippen LogP contribution is -2.28. The molecule has 12 unspecified atom stereocenters. The lowest BCUT2D eigenvalue weighted by atomic mass is 10.0. The third-order valence-corrected chi connectivity index (χ3v) is 21.1. The van der Waals surface area contributed by atoms with Gasteiger partial charge in [-0.2, -0.15) is 0 Å². The van der Waals surface area contributed by atoms with Crippen molar-refractivity contribution in [2.75, 3.05) is 63.4 Å². The van der Waals surface area contributed by atoms with Crippen molar-refractivity contribution in [3.8, 4) is 0 Å². The number of aromatic nitrogens is 12. The molecule has 0 aliphatic carbocycles. The molecule has 580 valence electrons. The number of aliphatic hydroxyl groups is 1. The summed E-state index contributed by atoms with van der Waals surface area (Å²) in [6.45, 7) is 4.15. The maximum Gasteiger partial charge on any atom is 0.472 e. The fourth-order valence-corrected chi connectivity index (χ4v) is 15.3. The van der Waals surface area contributed by atoms with E-state index in [2.05, 4.69) is 58.7 Å². The van der Waals surface area contributed by atoms with E-state index in [0.717, 1.165) is 32.1 Å². The summed E-state index contributed by atoms with van der Waals surface area (Å²) in [5.74, 6) is -1.20.